The minimum atomic E-state index is -3.96. The Morgan fingerprint density at radius 2 is 1.76 bits per heavy atom. The zero-order valence-corrected chi connectivity index (χ0v) is 24.6. The molecule has 1 aliphatic heterocycles. The van der Waals surface area contributed by atoms with Crippen LogP contribution in [0.3, 0.4) is 0 Å². The van der Waals surface area contributed by atoms with Crippen molar-refractivity contribution in [1.82, 2.24) is 28.5 Å². The fraction of sp³-hybridized carbons (Fsp3) is 0.481. The number of aromatic nitrogens is 4. The third kappa shape index (κ3) is 5.84. The van der Waals surface area contributed by atoms with Crippen LogP contribution in [0.15, 0.2) is 29.3 Å². The molecule has 3 aromatic heterocycles. The third-order valence-electron chi connectivity index (χ3n) is 7.82. The molecule has 1 saturated carbocycles. The molecule has 0 unspecified atom stereocenters. The number of hydrogen-bond donors (Lipinski definition) is 3. The largest absolute Gasteiger partial charge is 0.368 e. The molecule has 224 valence electrons. The van der Waals surface area contributed by atoms with Gasteiger partial charge in [-0.2, -0.15) is 17.7 Å². The van der Waals surface area contributed by atoms with Gasteiger partial charge in [-0.25, -0.2) is 14.7 Å². The Labute approximate surface area is 243 Å². The second-order valence-electron chi connectivity index (χ2n) is 10.8. The van der Waals surface area contributed by atoms with Crippen molar-refractivity contribution < 1.29 is 18.0 Å². The summed E-state index contributed by atoms with van der Waals surface area (Å²) in [7, 11) is -3.96. The number of carbonyl (C=O) groups excluding carboxylic acids is 2. The number of rotatable bonds is 8. The molecule has 2 aliphatic rings. The Hall–Kier alpha value is -3.95. The normalized spacial score (nSPS) is 17.4. The minimum Gasteiger partial charge on any atom is -0.368 e. The van der Waals surface area contributed by atoms with Gasteiger partial charge in [0.25, 0.3) is 11.5 Å². The van der Waals surface area contributed by atoms with E-state index in [0.717, 1.165) is 31.4 Å². The van der Waals surface area contributed by atoms with Gasteiger partial charge in [0.2, 0.25) is 5.95 Å². The van der Waals surface area contributed by atoms with Crippen LogP contribution >= 0.6 is 0 Å². The number of anilines is 3. The number of piperazine rings is 1. The molecular formula is C27H35N9O5S. The van der Waals surface area contributed by atoms with Crippen LogP contribution in [-0.2, 0) is 15.0 Å². The smallest absolute Gasteiger partial charge is 0.303 e. The molecule has 14 nitrogen and oxygen atoms in total. The lowest BCUT2D eigenvalue weighted by molar-refractivity contribution is -0.120. The van der Waals surface area contributed by atoms with Crippen LogP contribution in [0.4, 0.5) is 17.5 Å². The van der Waals surface area contributed by atoms with E-state index in [4.69, 9.17) is 10.7 Å². The maximum Gasteiger partial charge on any atom is 0.303 e. The number of hydrogen-bond acceptors (Lipinski definition) is 11. The van der Waals surface area contributed by atoms with E-state index in [2.05, 4.69) is 15.3 Å². The van der Waals surface area contributed by atoms with Crippen LogP contribution in [0.2, 0.25) is 0 Å². The molecule has 1 saturated heterocycles. The van der Waals surface area contributed by atoms with Gasteiger partial charge in [0.15, 0.2) is 5.78 Å². The summed E-state index contributed by atoms with van der Waals surface area (Å²) in [5.74, 6) is -0.257. The summed E-state index contributed by atoms with van der Waals surface area (Å²) in [5.41, 5.74) is 7.22. The van der Waals surface area contributed by atoms with Crippen LogP contribution in [0.1, 0.15) is 61.5 Å². The van der Waals surface area contributed by atoms with Gasteiger partial charge in [-0.15, -0.1) is 0 Å². The van der Waals surface area contributed by atoms with Gasteiger partial charge < -0.3 is 16.0 Å². The molecule has 4 heterocycles. The number of amides is 1. The number of aryl methyl sites for hydroxylation is 1. The topological polar surface area (TPSA) is 186 Å². The van der Waals surface area contributed by atoms with Gasteiger partial charge in [-0.1, -0.05) is 12.8 Å². The van der Waals surface area contributed by atoms with E-state index in [9.17, 15) is 22.8 Å². The number of nitrogens with zero attached hydrogens (tertiary/aromatic N) is 6. The van der Waals surface area contributed by atoms with Crippen molar-refractivity contribution in [3.63, 3.8) is 0 Å². The summed E-state index contributed by atoms with van der Waals surface area (Å²) >= 11 is 0. The molecule has 1 aliphatic carbocycles. The maximum atomic E-state index is 13.4. The second-order valence-corrected chi connectivity index (χ2v) is 12.4. The van der Waals surface area contributed by atoms with Gasteiger partial charge >= 0.3 is 10.2 Å². The zero-order valence-electron chi connectivity index (χ0n) is 23.8. The fourth-order valence-corrected chi connectivity index (χ4v) is 6.75. The standard InChI is InChI=1S/C27H35N9O5S/c1-16-21-15-30-27(32-24(21)36(19-6-4-5-7-19)26(39)23(16)18(3)37)31-22-9-8-20(14-29-22)34-10-12-35(13-11-34)42(40,41)33-25(38)17(2)28/h8-9,14-15,17,19H,4-7,10-13,28H2,1-3H3,(H,33,38)(H,29,30,31,32)/t17-/m0/s1. The van der Waals surface area contributed by atoms with Gasteiger partial charge in [-0.05, 0) is 51.3 Å². The summed E-state index contributed by atoms with van der Waals surface area (Å²) in [6.07, 6.45) is 7.05. The minimum absolute atomic E-state index is 0.0187. The van der Waals surface area contributed by atoms with Crippen molar-refractivity contribution in [1.29, 1.82) is 0 Å². The highest BCUT2D eigenvalue weighted by molar-refractivity contribution is 7.87. The Bertz CT molecular complexity index is 1670. The van der Waals surface area contributed by atoms with Gasteiger partial charge in [0.05, 0.1) is 23.5 Å². The lowest BCUT2D eigenvalue weighted by Crippen LogP contribution is -2.54. The number of nitrogens with one attached hydrogen (secondary N) is 2. The molecule has 0 bridgehead atoms. The van der Waals surface area contributed by atoms with Crippen molar-refractivity contribution in [3.05, 3.63) is 46.0 Å². The van der Waals surface area contributed by atoms with Gasteiger partial charge in [0.1, 0.15) is 11.5 Å². The van der Waals surface area contributed by atoms with Crippen LogP contribution in [0.25, 0.3) is 11.0 Å². The monoisotopic (exact) mass is 597 g/mol. The fourth-order valence-electron chi connectivity index (χ4n) is 5.54. The van der Waals surface area contributed by atoms with Crippen LogP contribution in [0.5, 0.6) is 0 Å². The van der Waals surface area contributed by atoms with E-state index in [1.54, 1.807) is 30.0 Å². The van der Waals surface area contributed by atoms with Crippen LogP contribution < -0.4 is 26.2 Å². The van der Waals surface area contributed by atoms with E-state index >= 15 is 0 Å². The predicted octanol–water partition coefficient (Wildman–Crippen LogP) is 1.39. The summed E-state index contributed by atoms with van der Waals surface area (Å²) in [5, 5.41) is 3.77. The molecule has 4 N–H and O–H groups in total. The Balaban J connectivity index is 1.32. The lowest BCUT2D eigenvalue weighted by atomic mass is 10.0. The molecule has 15 heteroatoms. The van der Waals surface area contributed by atoms with E-state index in [-0.39, 0.29) is 42.0 Å². The van der Waals surface area contributed by atoms with Crippen molar-refractivity contribution in [3.8, 4) is 0 Å². The van der Waals surface area contributed by atoms with E-state index in [1.807, 2.05) is 15.7 Å². The highest BCUT2D eigenvalue weighted by Gasteiger charge is 2.29. The summed E-state index contributed by atoms with van der Waals surface area (Å²) in [4.78, 5) is 53.1. The lowest BCUT2D eigenvalue weighted by Gasteiger charge is -2.35. The Kier molecular flexibility index (Phi) is 8.25. The summed E-state index contributed by atoms with van der Waals surface area (Å²) in [6.45, 7) is 5.79. The summed E-state index contributed by atoms with van der Waals surface area (Å²) in [6, 6.07) is 2.68. The molecule has 1 atom stereocenters. The van der Waals surface area contributed by atoms with Gasteiger partial charge in [0, 0.05) is 43.8 Å². The molecule has 1 amide bonds. The molecule has 0 aromatic carbocycles. The first-order valence-electron chi connectivity index (χ1n) is 13.9. The molecule has 0 spiro atoms. The number of Topliss-reactive ketones (excluding diaryl/α,β-unsaturated/α-hetero) is 1. The molecular weight excluding hydrogens is 562 g/mol. The number of pyridine rings is 2. The second kappa shape index (κ2) is 11.7. The van der Waals surface area contributed by atoms with Crippen molar-refractivity contribution in [2.24, 2.45) is 5.73 Å². The quantitative estimate of drug-likeness (QED) is 0.319. The molecule has 0 radical (unpaired) electrons. The van der Waals surface area contributed by atoms with E-state index in [1.165, 1.54) is 18.2 Å². The number of nitrogens with two attached hydrogens (primary N) is 1. The Morgan fingerprint density at radius 3 is 2.36 bits per heavy atom. The van der Waals surface area contributed by atoms with E-state index < -0.39 is 22.2 Å². The highest BCUT2D eigenvalue weighted by Crippen LogP contribution is 2.32. The number of ketones is 1. The average Bonchev–Trinajstić information content (AvgIpc) is 3.47. The van der Waals surface area contributed by atoms with Crippen molar-refractivity contribution in [2.45, 2.75) is 58.5 Å². The van der Waals surface area contributed by atoms with Crippen molar-refractivity contribution >= 4 is 50.4 Å². The highest BCUT2D eigenvalue weighted by atomic mass is 32.2. The van der Waals surface area contributed by atoms with Crippen molar-refractivity contribution in [2.75, 3.05) is 36.4 Å². The zero-order chi connectivity index (χ0) is 30.2. The van der Waals surface area contributed by atoms with E-state index in [0.29, 0.717) is 35.5 Å². The Morgan fingerprint density at radius 1 is 1.07 bits per heavy atom. The molecule has 5 rings (SSSR count). The molecule has 3 aromatic rings. The third-order valence-corrected chi connectivity index (χ3v) is 9.33. The number of carbonyl (C=O) groups is 2. The molecule has 2 fully saturated rings. The predicted molar refractivity (Wildman–Crippen MR) is 158 cm³/mol. The maximum absolute atomic E-state index is 13.4. The first-order chi connectivity index (χ1) is 20.0. The summed E-state index contributed by atoms with van der Waals surface area (Å²) < 4.78 is 29.8. The average molecular weight is 598 g/mol. The van der Waals surface area contributed by atoms with Gasteiger partial charge in [-0.3, -0.25) is 19.0 Å². The first-order valence-corrected chi connectivity index (χ1v) is 15.4. The molecule has 42 heavy (non-hydrogen) atoms. The van der Waals surface area contributed by atoms with Crippen LogP contribution in [0, 0.1) is 6.92 Å². The number of fused-ring (bicyclic) bond motifs is 1. The van der Waals surface area contributed by atoms with Crippen LogP contribution in [-0.4, -0.2) is 76.2 Å². The first kappa shape index (κ1) is 29.5. The SMILES string of the molecule is CC(=O)c1c(C)c2cnc(Nc3ccc(N4CCN(S(=O)(=O)NC(=O)[C@H](C)N)CC4)cn3)nc2n(C2CCCC2)c1=O.